The molecule has 1 aromatic heterocycles. The average Bonchev–Trinajstić information content (AvgIpc) is 3.18. The molecule has 0 radical (unpaired) electrons. The minimum atomic E-state index is -0.0150. The summed E-state index contributed by atoms with van der Waals surface area (Å²) in [6.07, 6.45) is 1.83. The molecule has 0 aliphatic carbocycles. The molecule has 3 aromatic rings. The van der Waals surface area contributed by atoms with Crippen LogP contribution in [0.2, 0.25) is 5.02 Å². The normalized spacial score (nSPS) is 12.9. The van der Waals surface area contributed by atoms with Crippen molar-refractivity contribution in [3.05, 3.63) is 71.2 Å². The molecule has 1 aliphatic rings. The third-order valence-electron chi connectivity index (χ3n) is 3.22. The van der Waals surface area contributed by atoms with Crippen molar-refractivity contribution >= 4 is 22.4 Å². The van der Waals surface area contributed by atoms with Crippen molar-refractivity contribution in [3.8, 4) is 5.69 Å². The maximum atomic E-state index is 12.5. The van der Waals surface area contributed by atoms with Gasteiger partial charge in [-0.15, -0.1) is 0 Å². The number of rotatable bonds is 1. The van der Waals surface area contributed by atoms with Crippen molar-refractivity contribution in [2.75, 3.05) is 0 Å². The summed E-state index contributed by atoms with van der Waals surface area (Å²) >= 11 is 6.11. The van der Waals surface area contributed by atoms with E-state index < -0.39 is 0 Å². The van der Waals surface area contributed by atoms with E-state index in [1.54, 1.807) is 16.7 Å². The first-order chi connectivity index (χ1) is 9.22. The third-order valence-corrected chi connectivity index (χ3v) is 5.91. The molecule has 2 aromatic carbocycles. The molecule has 0 fully saturated rings. The number of hydrogen-bond donors (Lipinski definition) is 0. The van der Waals surface area contributed by atoms with Gasteiger partial charge in [-0.1, -0.05) is 0 Å². The van der Waals surface area contributed by atoms with E-state index in [2.05, 4.69) is 12.1 Å². The quantitative estimate of drug-likeness (QED) is 0.429. The molecule has 2 heterocycles. The van der Waals surface area contributed by atoms with Gasteiger partial charge in [0, 0.05) is 0 Å². The fourth-order valence-electron chi connectivity index (χ4n) is 2.19. The van der Waals surface area contributed by atoms with E-state index in [-0.39, 0.29) is 26.8 Å². The molecule has 0 bridgehead atoms. The van der Waals surface area contributed by atoms with Crippen molar-refractivity contribution in [2.45, 2.75) is 0 Å². The predicted octanol–water partition coefficient (Wildman–Crippen LogP) is 0.0859. The first-order valence-electron chi connectivity index (χ1n) is 5.82. The van der Waals surface area contributed by atoms with Crippen LogP contribution in [-0.4, -0.2) is 4.57 Å². The molecule has 1 aliphatic heterocycles. The molecule has 19 heavy (non-hydrogen) atoms. The summed E-state index contributed by atoms with van der Waals surface area (Å²) in [5.74, 6) is 0. The van der Waals surface area contributed by atoms with Crippen LogP contribution < -0.4 is 26.8 Å². The SMILES string of the molecule is O=c1c2cc(Cl)ccc2ccn1-c1ccc2c(c1)[I-]2. The van der Waals surface area contributed by atoms with Crippen LogP contribution in [0.3, 0.4) is 0 Å². The van der Waals surface area contributed by atoms with Crippen LogP contribution in [0, 0.1) is 7.14 Å². The molecule has 0 spiro atoms. The summed E-state index contributed by atoms with van der Waals surface area (Å²) in [4.78, 5) is 12.5. The van der Waals surface area contributed by atoms with Crippen LogP contribution in [0.4, 0.5) is 0 Å². The predicted molar refractivity (Wildman–Crippen MR) is 71.9 cm³/mol. The number of benzene rings is 2. The molecule has 0 N–H and O–H groups in total. The zero-order valence-electron chi connectivity index (χ0n) is 9.73. The van der Waals surface area contributed by atoms with E-state index in [1.165, 1.54) is 7.14 Å². The molecule has 94 valence electrons. The van der Waals surface area contributed by atoms with Gasteiger partial charge in [0.15, 0.2) is 0 Å². The van der Waals surface area contributed by atoms with Gasteiger partial charge in [0.1, 0.15) is 0 Å². The number of aromatic nitrogens is 1. The van der Waals surface area contributed by atoms with Crippen molar-refractivity contribution in [2.24, 2.45) is 0 Å². The van der Waals surface area contributed by atoms with Gasteiger partial charge >= 0.3 is 125 Å². The van der Waals surface area contributed by atoms with Crippen LogP contribution in [0.1, 0.15) is 0 Å². The van der Waals surface area contributed by atoms with E-state index >= 15 is 0 Å². The van der Waals surface area contributed by atoms with Gasteiger partial charge in [0.05, 0.1) is 0 Å². The average molecular weight is 381 g/mol. The van der Waals surface area contributed by atoms with Gasteiger partial charge in [0.2, 0.25) is 0 Å². The van der Waals surface area contributed by atoms with Gasteiger partial charge in [-0.2, -0.15) is 0 Å². The van der Waals surface area contributed by atoms with Gasteiger partial charge in [-0.3, -0.25) is 0 Å². The number of pyridine rings is 1. The molecule has 4 rings (SSSR count). The summed E-state index contributed by atoms with van der Waals surface area (Å²) in [5, 5.41) is 2.17. The van der Waals surface area contributed by atoms with Crippen LogP contribution in [0.25, 0.3) is 16.5 Å². The zero-order valence-corrected chi connectivity index (χ0v) is 12.6. The van der Waals surface area contributed by atoms with E-state index in [4.69, 9.17) is 11.6 Å². The molecule has 0 saturated heterocycles. The second kappa shape index (κ2) is 4.08. The Kier molecular flexibility index (Phi) is 2.47. The van der Waals surface area contributed by atoms with E-state index in [0.29, 0.717) is 10.4 Å². The summed E-state index contributed by atoms with van der Waals surface area (Å²) < 4.78 is 4.62. The Labute approximate surface area is 124 Å². The Balaban J connectivity index is 2.01. The minimum absolute atomic E-state index is 0.0150. The second-order valence-corrected chi connectivity index (χ2v) is 7.72. The van der Waals surface area contributed by atoms with Crippen molar-refractivity contribution in [3.63, 3.8) is 0 Å². The molecule has 0 unspecified atom stereocenters. The first kappa shape index (κ1) is 11.5. The molecule has 0 atom stereocenters. The number of hydrogen-bond acceptors (Lipinski definition) is 1. The van der Waals surface area contributed by atoms with E-state index in [0.717, 1.165) is 11.1 Å². The monoisotopic (exact) mass is 380 g/mol. The first-order valence-corrected chi connectivity index (χ1v) is 8.36. The Morgan fingerprint density at radius 1 is 1.00 bits per heavy atom. The Morgan fingerprint density at radius 2 is 1.89 bits per heavy atom. The van der Waals surface area contributed by atoms with Crippen molar-refractivity contribution in [1.29, 1.82) is 0 Å². The Bertz CT molecular complexity index is 885. The molecule has 4 heteroatoms. The van der Waals surface area contributed by atoms with Crippen molar-refractivity contribution < 1.29 is 21.2 Å². The maximum absolute atomic E-state index is 12.5. The number of halogens is 2. The molecule has 0 saturated carbocycles. The Morgan fingerprint density at radius 3 is 2.74 bits per heavy atom. The number of fused-ring (bicyclic) bond motifs is 2. The van der Waals surface area contributed by atoms with Gasteiger partial charge < -0.3 is 0 Å². The number of nitrogens with zero attached hydrogens (tertiary/aromatic N) is 1. The third kappa shape index (κ3) is 1.88. The van der Waals surface area contributed by atoms with Crippen molar-refractivity contribution in [1.82, 2.24) is 4.57 Å². The van der Waals surface area contributed by atoms with E-state index in [1.807, 2.05) is 24.4 Å². The van der Waals surface area contributed by atoms with Crippen LogP contribution in [-0.2, 0) is 0 Å². The topological polar surface area (TPSA) is 22.0 Å². The van der Waals surface area contributed by atoms with Crippen LogP contribution in [0.5, 0.6) is 0 Å². The summed E-state index contributed by atoms with van der Waals surface area (Å²) in [6.45, 7) is 0. The van der Waals surface area contributed by atoms with Crippen LogP contribution in [0.15, 0.2) is 53.5 Å². The Hall–Kier alpha value is -1.33. The van der Waals surface area contributed by atoms with Gasteiger partial charge in [-0.25, -0.2) is 0 Å². The van der Waals surface area contributed by atoms with E-state index in [9.17, 15) is 4.79 Å². The molecule has 2 nitrogen and oxygen atoms in total. The zero-order chi connectivity index (χ0) is 13.0. The van der Waals surface area contributed by atoms with Gasteiger partial charge in [0.25, 0.3) is 0 Å². The summed E-state index contributed by atoms with van der Waals surface area (Å²) in [6, 6.07) is 13.6. The van der Waals surface area contributed by atoms with Crippen LogP contribution >= 0.6 is 11.6 Å². The van der Waals surface area contributed by atoms with Gasteiger partial charge in [-0.05, 0) is 0 Å². The fourth-order valence-corrected chi connectivity index (χ4v) is 4.03. The standard InChI is InChI=1S/C15H8ClINO/c16-10-2-1-9-5-6-18(15(19)12(9)7-10)11-3-4-13-14(8-11)17-13/h1-8H/q-1. The summed E-state index contributed by atoms with van der Waals surface area (Å²) in [5.41, 5.74) is 0.932. The molecule has 0 amide bonds. The molecular weight excluding hydrogens is 373 g/mol. The fraction of sp³-hybridized carbons (Fsp3) is 0. The summed E-state index contributed by atoms with van der Waals surface area (Å²) in [7, 11) is 0. The second-order valence-electron chi connectivity index (χ2n) is 4.42. The molecular formula is C15H8ClINO-.